The standard InChI is InChI=1S/C2H3N3Te/c3-2-1-4-6-5-2/h1H,(H2,3,5). The molecular formula is C2H3N3Te. The fourth-order valence-corrected chi connectivity index (χ4v) is 1.15. The molecule has 0 saturated carbocycles. The van der Waals surface area contributed by atoms with Gasteiger partial charge in [-0.3, -0.25) is 0 Å². The number of hydrogen-bond acceptors (Lipinski definition) is 3. The predicted molar refractivity (Wildman–Crippen MR) is 23.4 cm³/mol. The number of nitrogen functional groups attached to an aromatic ring is 1. The molecule has 0 saturated heterocycles. The summed E-state index contributed by atoms with van der Waals surface area (Å²) in [5.41, 5.74) is 5.17. The van der Waals surface area contributed by atoms with E-state index in [1.807, 2.05) is 0 Å². The number of nitrogens with zero attached hydrogens (tertiary/aromatic N) is 2. The average molecular weight is 197 g/mol. The first-order chi connectivity index (χ1) is 2.89. The van der Waals surface area contributed by atoms with Crippen LogP contribution in [-0.2, 0) is 0 Å². The Hall–Kier alpha value is -0.0704. The normalized spacial score (nSPS) is 8.67. The van der Waals surface area contributed by atoms with Crippen LogP contribution < -0.4 is 5.73 Å². The van der Waals surface area contributed by atoms with E-state index < -0.39 is 21.0 Å². The number of aromatic nitrogens is 2. The number of rotatable bonds is 0. The van der Waals surface area contributed by atoms with Gasteiger partial charge in [0.2, 0.25) is 0 Å². The monoisotopic (exact) mass is 199 g/mol. The molecule has 2 N–H and O–H groups in total. The molecule has 0 radical (unpaired) electrons. The van der Waals surface area contributed by atoms with E-state index in [0.29, 0.717) is 5.82 Å². The molecule has 0 aliphatic carbocycles. The average Bonchev–Trinajstić information content (AvgIpc) is 1.86. The van der Waals surface area contributed by atoms with Crippen LogP contribution in [0.15, 0.2) is 6.20 Å². The van der Waals surface area contributed by atoms with Crippen molar-refractivity contribution in [1.82, 2.24) is 6.41 Å². The molecule has 0 aromatic carbocycles. The molecule has 0 amide bonds. The molecule has 0 spiro atoms. The van der Waals surface area contributed by atoms with E-state index in [2.05, 4.69) is 6.41 Å². The topological polar surface area (TPSA) is 51.8 Å². The van der Waals surface area contributed by atoms with Crippen molar-refractivity contribution in [2.45, 2.75) is 0 Å². The van der Waals surface area contributed by atoms with Crippen molar-refractivity contribution in [2.24, 2.45) is 0 Å². The molecule has 0 aliphatic rings. The van der Waals surface area contributed by atoms with E-state index in [1.54, 1.807) is 6.20 Å². The van der Waals surface area contributed by atoms with Crippen molar-refractivity contribution in [1.29, 1.82) is 0 Å². The Balaban J connectivity index is 3.05. The van der Waals surface area contributed by atoms with Gasteiger partial charge < -0.3 is 0 Å². The summed E-state index contributed by atoms with van der Waals surface area (Å²) in [6.45, 7) is 0. The fourth-order valence-electron chi connectivity index (χ4n) is 0.172. The van der Waals surface area contributed by atoms with Crippen LogP contribution in [0.2, 0.25) is 0 Å². The summed E-state index contributed by atoms with van der Waals surface area (Å²) < 4.78 is 7.68. The first-order valence-electron chi connectivity index (χ1n) is 1.42. The van der Waals surface area contributed by atoms with E-state index >= 15 is 0 Å². The van der Waals surface area contributed by atoms with Gasteiger partial charge in [-0.05, 0) is 0 Å². The van der Waals surface area contributed by atoms with Crippen LogP contribution in [0.25, 0.3) is 0 Å². The van der Waals surface area contributed by atoms with E-state index in [0.717, 1.165) is 0 Å². The Labute approximate surface area is 45.6 Å². The number of nitrogens with two attached hydrogens (primary N) is 1. The van der Waals surface area contributed by atoms with E-state index in [1.165, 1.54) is 0 Å². The molecule has 0 atom stereocenters. The van der Waals surface area contributed by atoms with Crippen molar-refractivity contribution in [3.63, 3.8) is 0 Å². The summed E-state index contributed by atoms with van der Waals surface area (Å²) in [7, 11) is 0. The molecule has 6 heavy (non-hydrogen) atoms. The third kappa shape index (κ3) is 0.702. The second kappa shape index (κ2) is 1.59. The molecule has 4 heteroatoms. The van der Waals surface area contributed by atoms with Gasteiger partial charge in [0.1, 0.15) is 0 Å². The zero-order valence-electron chi connectivity index (χ0n) is 2.96. The van der Waals surface area contributed by atoms with Crippen molar-refractivity contribution in [3.8, 4) is 0 Å². The third-order valence-corrected chi connectivity index (χ3v) is 1.78. The Morgan fingerprint density at radius 2 is 2.67 bits per heavy atom. The molecule has 0 aliphatic heterocycles. The van der Waals surface area contributed by atoms with Gasteiger partial charge in [0.25, 0.3) is 0 Å². The molecule has 0 fully saturated rings. The van der Waals surface area contributed by atoms with Gasteiger partial charge in [-0.25, -0.2) is 0 Å². The van der Waals surface area contributed by atoms with Crippen LogP contribution in [0, 0.1) is 0 Å². The number of anilines is 1. The zero-order valence-corrected chi connectivity index (χ0v) is 5.29. The van der Waals surface area contributed by atoms with Gasteiger partial charge >= 0.3 is 45.2 Å². The van der Waals surface area contributed by atoms with Gasteiger partial charge in [0.05, 0.1) is 0 Å². The number of hydrogen-bond donors (Lipinski definition) is 1. The van der Waals surface area contributed by atoms with Crippen LogP contribution >= 0.6 is 0 Å². The minimum atomic E-state index is -0.408. The first kappa shape index (κ1) is 4.10. The van der Waals surface area contributed by atoms with E-state index in [-0.39, 0.29) is 0 Å². The Bertz CT molecular complexity index is 112. The SMILES string of the molecule is Nc1cn[te]n1. The molecule has 32 valence electrons. The van der Waals surface area contributed by atoms with Crippen molar-refractivity contribution < 1.29 is 0 Å². The molecule has 1 rings (SSSR count). The summed E-state index contributed by atoms with van der Waals surface area (Å²) in [6, 6.07) is 0. The minimum absolute atomic E-state index is 0.408. The van der Waals surface area contributed by atoms with Crippen molar-refractivity contribution in [3.05, 3.63) is 6.20 Å². The Morgan fingerprint density at radius 1 is 1.83 bits per heavy atom. The summed E-state index contributed by atoms with van der Waals surface area (Å²) in [5.74, 6) is 0.595. The van der Waals surface area contributed by atoms with E-state index in [9.17, 15) is 0 Å². The molecule has 0 unspecified atom stereocenters. The van der Waals surface area contributed by atoms with Gasteiger partial charge in [0, 0.05) is 0 Å². The summed E-state index contributed by atoms with van der Waals surface area (Å²) in [5, 5.41) is 0. The predicted octanol–water partition coefficient (Wildman–Crippen LogP) is -0.884. The maximum absolute atomic E-state index is 5.17. The summed E-state index contributed by atoms with van der Waals surface area (Å²) in [4.78, 5) is 0. The fraction of sp³-hybridized carbons (Fsp3) is 0. The second-order valence-electron chi connectivity index (χ2n) is 0.832. The Morgan fingerprint density at radius 3 is 2.83 bits per heavy atom. The second-order valence-corrected chi connectivity index (χ2v) is 2.42. The van der Waals surface area contributed by atoms with Crippen LogP contribution in [-0.4, -0.2) is 27.4 Å². The molecule has 0 bridgehead atoms. The zero-order chi connectivity index (χ0) is 4.41. The van der Waals surface area contributed by atoms with Gasteiger partial charge in [0.15, 0.2) is 0 Å². The first-order valence-corrected chi connectivity index (χ1v) is 3.51. The van der Waals surface area contributed by atoms with Crippen LogP contribution in [0.5, 0.6) is 0 Å². The van der Waals surface area contributed by atoms with Gasteiger partial charge in [-0.1, -0.05) is 0 Å². The van der Waals surface area contributed by atoms with Crippen LogP contribution in [0.1, 0.15) is 0 Å². The van der Waals surface area contributed by atoms with Crippen LogP contribution in [0.3, 0.4) is 0 Å². The van der Waals surface area contributed by atoms with Crippen molar-refractivity contribution >= 4 is 26.8 Å². The molecule has 1 aromatic heterocycles. The van der Waals surface area contributed by atoms with Crippen LogP contribution in [0.4, 0.5) is 5.82 Å². The van der Waals surface area contributed by atoms with Gasteiger partial charge in [-0.15, -0.1) is 0 Å². The maximum atomic E-state index is 5.17. The van der Waals surface area contributed by atoms with Gasteiger partial charge in [-0.2, -0.15) is 0 Å². The van der Waals surface area contributed by atoms with E-state index in [4.69, 9.17) is 5.73 Å². The quantitative estimate of drug-likeness (QED) is 0.549. The molecule has 3 nitrogen and oxygen atoms in total. The third-order valence-electron chi connectivity index (χ3n) is 0.378. The Kier molecular flexibility index (Phi) is 1.08. The summed E-state index contributed by atoms with van der Waals surface area (Å²) >= 11 is -0.408. The molecule has 1 heterocycles. The molecular weight excluding hydrogens is 194 g/mol. The van der Waals surface area contributed by atoms with Crippen molar-refractivity contribution in [2.75, 3.05) is 5.73 Å². The molecule has 1 aromatic rings. The summed E-state index contributed by atoms with van der Waals surface area (Å²) in [6.07, 6.45) is 1.61.